The Morgan fingerprint density at radius 1 is 1.29 bits per heavy atom. The molecule has 1 aromatic carbocycles. The van der Waals surface area contributed by atoms with Crippen molar-refractivity contribution in [2.75, 3.05) is 25.4 Å². The van der Waals surface area contributed by atoms with Crippen LogP contribution < -0.4 is 10.9 Å². The fourth-order valence-corrected chi connectivity index (χ4v) is 5.67. The van der Waals surface area contributed by atoms with Gasteiger partial charge in [0.15, 0.2) is 10.8 Å². The normalized spacial score (nSPS) is 16.2. The van der Waals surface area contributed by atoms with Gasteiger partial charge in [0, 0.05) is 18.2 Å². The van der Waals surface area contributed by atoms with Gasteiger partial charge < -0.3 is 10.2 Å². The molecule has 3 aromatic rings. The van der Waals surface area contributed by atoms with Crippen LogP contribution >= 0.6 is 11.8 Å². The lowest BCUT2D eigenvalue weighted by molar-refractivity contribution is -0.122. The van der Waals surface area contributed by atoms with Gasteiger partial charge in [-0.15, -0.1) is 0 Å². The largest absolute Gasteiger partial charge is 0.354 e. The van der Waals surface area contributed by atoms with Crippen LogP contribution in [0.25, 0.3) is 16.7 Å². The summed E-state index contributed by atoms with van der Waals surface area (Å²) in [5.74, 6) is 0.646. The van der Waals surface area contributed by atoms with Crippen molar-refractivity contribution in [3.05, 3.63) is 46.4 Å². The van der Waals surface area contributed by atoms with Gasteiger partial charge in [-0.1, -0.05) is 43.8 Å². The van der Waals surface area contributed by atoms with Gasteiger partial charge in [-0.2, -0.15) is 5.10 Å². The maximum atomic E-state index is 13.3. The van der Waals surface area contributed by atoms with E-state index in [0.717, 1.165) is 43.7 Å². The predicted molar refractivity (Wildman–Crippen MR) is 137 cm³/mol. The van der Waals surface area contributed by atoms with Crippen molar-refractivity contribution < 1.29 is 4.79 Å². The van der Waals surface area contributed by atoms with E-state index >= 15 is 0 Å². The molecule has 2 atom stereocenters. The minimum absolute atomic E-state index is 0.0172. The third-order valence-corrected chi connectivity index (χ3v) is 7.65. The third-order valence-electron chi connectivity index (χ3n) is 6.55. The topological polar surface area (TPSA) is 85.1 Å². The molecule has 0 fully saturated rings. The molecule has 2 aromatic heterocycles. The monoisotopic (exact) mass is 482 g/mol. The first kappa shape index (κ1) is 24.5. The first-order chi connectivity index (χ1) is 16.4. The second-order valence-corrected chi connectivity index (χ2v) is 9.94. The van der Waals surface area contributed by atoms with E-state index in [0.29, 0.717) is 21.9 Å². The number of rotatable bonds is 10. The molecule has 8 nitrogen and oxygen atoms in total. The highest BCUT2D eigenvalue weighted by molar-refractivity contribution is 7.99. The molecular formula is C25H34N6O2S. The summed E-state index contributed by atoms with van der Waals surface area (Å²) in [4.78, 5) is 33.3. The zero-order chi connectivity index (χ0) is 24.2. The summed E-state index contributed by atoms with van der Waals surface area (Å²) in [6, 6.07) is 7.82. The average Bonchev–Trinajstić information content (AvgIpc) is 3.42. The van der Waals surface area contributed by atoms with Crippen molar-refractivity contribution in [3.8, 4) is 5.69 Å². The number of fused-ring (bicyclic) bond motifs is 2. The van der Waals surface area contributed by atoms with E-state index < -0.39 is 0 Å². The Morgan fingerprint density at radius 2 is 2.06 bits per heavy atom. The van der Waals surface area contributed by atoms with Crippen molar-refractivity contribution >= 4 is 28.7 Å². The second-order valence-electron chi connectivity index (χ2n) is 8.96. The molecule has 0 aliphatic carbocycles. The van der Waals surface area contributed by atoms with Crippen molar-refractivity contribution in [1.29, 1.82) is 0 Å². The molecule has 0 saturated carbocycles. The maximum absolute atomic E-state index is 13.3. The molecule has 34 heavy (non-hydrogen) atoms. The molecule has 1 aliphatic rings. The standard InChI is InChI=1S/C25H34N6O2S/c1-5-29(6-2)13-9-11-18(4)27-22(32)14-19-16-34-25-28-23-20(24(33)30(19)25)15-26-31(23)21-12-8-7-10-17(21)3/h7-8,10,12,15,18-19H,5-6,9,11,13-14,16H2,1-4H3,(H,27,32). The summed E-state index contributed by atoms with van der Waals surface area (Å²) in [7, 11) is 0. The average molecular weight is 483 g/mol. The van der Waals surface area contributed by atoms with Gasteiger partial charge in [-0.05, 0) is 58.0 Å². The number of aryl methyl sites for hydroxylation is 1. The van der Waals surface area contributed by atoms with Gasteiger partial charge in [0.25, 0.3) is 5.56 Å². The van der Waals surface area contributed by atoms with E-state index in [-0.39, 0.29) is 30.0 Å². The Labute approximate surface area is 204 Å². The van der Waals surface area contributed by atoms with E-state index in [1.807, 2.05) is 31.2 Å². The van der Waals surface area contributed by atoms with Crippen molar-refractivity contribution in [2.45, 2.75) is 64.2 Å². The Bertz CT molecular complexity index is 1220. The number of carbonyl (C=O) groups is 1. The molecule has 9 heteroatoms. The van der Waals surface area contributed by atoms with Gasteiger partial charge in [0.05, 0.1) is 17.9 Å². The number of hydrogen-bond acceptors (Lipinski definition) is 6. The molecule has 182 valence electrons. The predicted octanol–water partition coefficient (Wildman–Crippen LogP) is 3.55. The van der Waals surface area contributed by atoms with Crippen molar-refractivity contribution in [2.24, 2.45) is 0 Å². The van der Waals surface area contributed by atoms with Crippen LogP contribution in [0, 0.1) is 6.92 Å². The van der Waals surface area contributed by atoms with Crippen LogP contribution in [0.5, 0.6) is 0 Å². The van der Waals surface area contributed by atoms with E-state index in [4.69, 9.17) is 4.98 Å². The van der Waals surface area contributed by atoms with Crippen molar-refractivity contribution in [3.63, 3.8) is 0 Å². The van der Waals surface area contributed by atoms with Gasteiger partial charge in [0.2, 0.25) is 5.91 Å². The Balaban J connectivity index is 1.45. The van der Waals surface area contributed by atoms with E-state index in [1.54, 1.807) is 15.4 Å². The summed E-state index contributed by atoms with van der Waals surface area (Å²) in [5, 5.41) is 8.70. The SMILES string of the molecule is CCN(CC)CCCC(C)NC(=O)CC1CSc2nc3c(cnn3-c3ccccc3C)c(=O)n21. The molecule has 3 heterocycles. The second kappa shape index (κ2) is 10.7. The molecule has 4 rings (SSSR count). The molecule has 0 saturated heterocycles. The van der Waals surface area contributed by atoms with Crippen LogP contribution in [0.2, 0.25) is 0 Å². The van der Waals surface area contributed by atoms with Crippen LogP contribution in [0.15, 0.2) is 40.4 Å². The molecule has 1 N–H and O–H groups in total. The van der Waals surface area contributed by atoms with Gasteiger partial charge in [0.1, 0.15) is 5.39 Å². The van der Waals surface area contributed by atoms with E-state index in [1.165, 1.54) is 11.8 Å². The van der Waals surface area contributed by atoms with Crippen LogP contribution in [0.1, 0.15) is 51.6 Å². The zero-order valence-electron chi connectivity index (χ0n) is 20.5. The van der Waals surface area contributed by atoms with E-state index in [9.17, 15) is 9.59 Å². The van der Waals surface area contributed by atoms with Crippen LogP contribution in [0.4, 0.5) is 0 Å². The highest BCUT2D eigenvalue weighted by atomic mass is 32.2. The zero-order valence-corrected chi connectivity index (χ0v) is 21.3. The summed E-state index contributed by atoms with van der Waals surface area (Å²) >= 11 is 1.52. The lowest BCUT2D eigenvalue weighted by atomic mass is 10.1. The fraction of sp³-hybridized carbons (Fsp3) is 0.520. The number of amides is 1. The Hall–Kier alpha value is -2.65. The van der Waals surface area contributed by atoms with Crippen LogP contribution in [-0.4, -0.2) is 61.6 Å². The summed E-state index contributed by atoms with van der Waals surface area (Å²) in [6.07, 6.45) is 3.86. The van der Waals surface area contributed by atoms with Gasteiger partial charge >= 0.3 is 0 Å². The molecule has 1 amide bonds. The Morgan fingerprint density at radius 3 is 2.79 bits per heavy atom. The number of carbonyl (C=O) groups excluding carboxylic acids is 1. The van der Waals surface area contributed by atoms with Crippen LogP contribution in [0.3, 0.4) is 0 Å². The van der Waals surface area contributed by atoms with Gasteiger partial charge in [-0.3, -0.25) is 14.2 Å². The summed E-state index contributed by atoms with van der Waals surface area (Å²) in [5.41, 5.74) is 2.39. The summed E-state index contributed by atoms with van der Waals surface area (Å²) < 4.78 is 3.41. The number of benzene rings is 1. The number of nitrogens with one attached hydrogen (secondary N) is 1. The number of nitrogens with zero attached hydrogens (tertiary/aromatic N) is 5. The number of para-hydroxylation sites is 1. The maximum Gasteiger partial charge on any atom is 0.265 e. The Kier molecular flexibility index (Phi) is 7.73. The first-order valence-corrected chi connectivity index (χ1v) is 13.1. The molecular weight excluding hydrogens is 448 g/mol. The molecule has 0 radical (unpaired) electrons. The molecule has 0 spiro atoms. The molecule has 0 bridgehead atoms. The highest BCUT2D eigenvalue weighted by Crippen LogP contribution is 2.33. The smallest absolute Gasteiger partial charge is 0.265 e. The van der Waals surface area contributed by atoms with E-state index in [2.05, 4.69) is 36.1 Å². The van der Waals surface area contributed by atoms with Crippen LogP contribution in [-0.2, 0) is 4.79 Å². The molecule has 2 unspecified atom stereocenters. The lowest BCUT2D eigenvalue weighted by Gasteiger charge is -2.20. The quantitative estimate of drug-likeness (QED) is 0.445. The molecule has 1 aliphatic heterocycles. The number of hydrogen-bond donors (Lipinski definition) is 1. The minimum Gasteiger partial charge on any atom is -0.354 e. The number of thioether (sulfide) groups is 1. The minimum atomic E-state index is -0.200. The van der Waals surface area contributed by atoms with Gasteiger partial charge in [-0.25, -0.2) is 9.67 Å². The first-order valence-electron chi connectivity index (χ1n) is 12.1. The third kappa shape index (κ3) is 5.05. The summed E-state index contributed by atoms with van der Waals surface area (Å²) in [6.45, 7) is 11.6. The number of aromatic nitrogens is 4. The van der Waals surface area contributed by atoms with Crippen molar-refractivity contribution in [1.82, 2.24) is 29.5 Å². The lowest BCUT2D eigenvalue weighted by Crippen LogP contribution is -2.36. The highest BCUT2D eigenvalue weighted by Gasteiger charge is 2.30. The fourth-order valence-electron chi connectivity index (χ4n) is 4.54.